The lowest BCUT2D eigenvalue weighted by atomic mass is 10.2. The Hall–Kier alpha value is -1.57. The van der Waals surface area contributed by atoms with Gasteiger partial charge >= 0.3 is 0 Å². The lowest BCUT2D eigenvalue weighted by Gasteiger charge is -2.03. The molecule has 0 atom stereocenters. The van der Waals surface area contributed by atoms with Crippen LogP contribution in [0.25, 0.3) is 0 Å². The molecular formula is C16H25NO. The number of nitrogens with one attached hydrogen (secondary N) is 1. The molecule has 1 rings (SSSR count). The maximum atomic E-state index is 11.5. The average molecular weight is 247 g/mol. The number of amides is 1. The van der Waals surface area contributed by atoms with Gasteiger partial charge in [0.05, 0.1) is 0 Å². The summed E-state index contributed by atoms with van der Waals surface area (Å²) in [6, 6.07) is 9.57. The van der Waals surface area contributed by atoms with E-state index in [-0.39, 0.29) is 5.91 Å². The highest BCUT2D eigenvalue weighted by Crippen LogP contribution is 2.07. The van der Waals surface area contributed by atoms with Crippen LogP contribution in [0.15, 0.2) is 42.5 Å². The van der Waals surface area contributed by atoms with Gasteiger partial charge in [0.1, 0.15) is 0 Å². The first-order valence-corrected chi connectivity index (χ1v) is 6.79. The van der Waals surface area contributed by atoms with Crippen LogP contribution in [-0.2, 0) is 4.79 Å². The summed E-state index contributed by atoms with van der Waals surface area (Å²) < 4.78 is 0. The lowest BCUT2D eigenvalue weighted by molar-refractivity contribution is -0.116. The Morgan fingerprint density at radius 1 is 1.17 bits per heavy atom. The summed E-state index contributed by atoms with van der Waals surface area (Å²) in [6.07, 6.45) is 7.87. The van der Waals surface area contributed by atoms with E-state index < -0.39 is 0 Å². The van der Waals surface area contributed by atoms with Gasteiger partial charge in [0, 0.05) is 12.1 Å². The van der Waals surface area contributed by atoms with Crippen molar-refractivity contribution in [1.82, 2.24) is 0 Å². The van der Waals surface area contributed by atoms with Crippen molar-refractivity contribution in [1.29, 1.82) is 0 Å². The average Bonchev–Trinajstić information content (AvgIpc) is 2.42. The maximum absolute atomic E-state index is 11.5. The van der Waals surface area contributed by atoms with E-state index in [4.69, 9.17) is 0 Å². The molecule has 0 aliphatic rings. The zero-order valence-electron chi connectivity index (χ0n) is 11.8. The summed E-state index contributed by atoms with van der Waals surface area (Å²) in [5, 5.41) is 2.88. The monoisotopic (exact) mass is 247 g/mol. The van der Waals surface area contributed by atoms with E-state index in [2.05, 4.69) is 11.4 Å². The fourth-order valence-corrected chi connectivity index (χ4v) is 1.46. The number of carbonyl (C=O) groups excluding carboxylic acids is 1. The Balaban J connectivity index is 0.00000137. The fourth-order valence-electron chi connectivity index (χ4n) is 1.46. The molecule has 1 aromatic carbocycles. The van der Waals surface area contributed by atoms with Crippen molar-refractivity contribution < 1.29 is 4.79 Å². The molecule has 1 amide bonds. The Bertz CT molecular complexity index is 330. The second-order valence-electron chi connectivity index (χ2n) is 3.73. The summed E-state index contributed by atoms with van der Waals surface area (Å²) in [5.74, 6) is 0.103. The lowest BCUT2D eigenvalue weighted by Crippen LogP contribution is -2.10. The molecule has 0 bridgehead atoms. The van der Waals surface area contributed by atoms with E-state index in [0.717, 1.165) is 24.9 Å². The zero-order valence-corrected chi connectivity index (χ0v) is 11.8. The van der Waals surface area contributed by atoms with Gasteiger partial charge in [-0.05, 0) is 38.3 Å². The predicted octanol–water partition coefficient (Wildman–Crippen LogP) is 4.79. The van der Waals surface area contributed by atoms with Gasteiger partial charge in [-0.2, -0.15) is 0 Å². The number of benzene rings is 1. The van der Waals surface area contributed by atoms with E-state index >= 15 is 0 Å². The number of hydrogen-bond acceptors (Lipinski definition) is 1. The third-order valence-electron chi connectivity index (χ3n) is 2.32. The molecule has 100 valence electrons. The van der Waals surface area contributed by atoms with Crippen LogP contribution in [0.4, 0.5) is 5.69 Å². The highest BCUT2D eigenvalue weighted by atomic mass is 16.1. The van der Waals surface area contributed by atoms with Crippen LogP contribution in [0.1, 0.15) is 46.5 Å². The van der Waals surface area contributed by atoms with Crippen LogP contribution in [0, 0.1) is 0 Å². The van der Waals surface area contributed by atoms with Crippen molar-refractivity contribution in [3.63, 3.8) is 0 Å². The van der Waals surface area contributed by atoms with Gasteiger partial charge in [-0.15, -0.1) is 0 Å². The molecule has 1 N–H and O–H groups in total. The van der Waals surface area contributed by atoms with Gasteiger partial charge in [0.25, 0.3) is 0 Å². The van der Waals surface area contributed by atoms with E-state index in [1.807, 2.05) is 57.2 Å². The Labute approximate surface area is 111 Å². The molecule has 2 nitrogen and oxygen atoms in total. The summed E-state index contributed by atoms with van der Waals surface area (Å²) in [4.78, 5) is 11.5. The molecule has 0 saturated carbocycles. The Morgan fingerprint density at radius 3 is 2.44 bits per heavy atom. The van der Waals surface area contributed by atoms with Crippen molar-refractivity contribution in [2.45, 2.75) is 46.5 Å². The number of rotatable bonds is 6. The van der Waals surface area contributed by atoms with Gasteiger partial charge < -0.3 is 5.32 Å². The summed E-state index contributed by atoms with van der Waals surface area (Å²) in [6.45, 7) is 6.02. The molecule has 0 spiro atoms. The van der Waals surface area contributed by atoms with E-state index in [0.29, 0.717) is 6.42 Å². The highest BCUT2D eigenvalue weighted by molar-refractivity contribution is 5.90. The molecule has 2 heteroatoms. The van der Waals surface area contributed by atoms with Crippen molar-refractivity contribution in [3.8, 4) is 0 Å². The quantitative estimate of drug-likeness (QED) is 0.568. The Morgan fingerprint density at radius 2 is 1.83 bits per heavy atom. The molecule has 0 heterocycles. The van der Waals surface area contributed by atoms with Crippen molar-refractivity contribution in [3.05, 3.63) is 42.5 Å². The molecule has 0 radical (unpaired) electrons. The zero-order chi connectivity index (χ0) is 13.6. The maximum Gasteiger partial charge on any atom is 0.224 e. The van der Waals surface area contributed by atoms with Crippen LogP contribution in [-0.4, -0.2) is 5.91 Å². The number of carbonyl (C=O) groups is 1. The normalized spacial score (nSPS) is 9.72. The van der Waals surface area contributed by atoms with E-state index in [1.54, 1.807) is 0 Å². The third kappa shape index (κ3) is 8.57. The molecule has 0 unspecified atom stereocenters. The van der Waals surface area contributed by atoms with Crippen LogP contribution in [0.3, 0.4) is 0 Å². The van der Waals surface area contributed by atoms with E-state index in [9.17, 15) is 4.79 Å². The standard InChI is InChI=1S/C14H19NO.C2H6/c1-2-3-4-5-9-12-14(16)15-13-10-7-6-8-11-13;1-2/h2-3,6-8,10-11H,4-5,9,12H2,1H3,(H,15,16);1-2H3/b3-2+;. The van der Waals surface area contributed by atoms with Gasteiger partial charge in [-0.25, -0.2) is 0 Å². The smallest absolute Gasteiger partial charge is 0.224 e. The largest absolute Gasteiger partial charge is 0.326 e. The molecule has 0 fully saturated rings. The second kappa shape index (κ2) is 11.9. The number of anilines is 1. The fraction of sp³-hybridized carbons (Fsp3) is 0.438. The van der Waals surface area contributed by atoms with Gasteiger partial charge in [0.15, 0.2) is 0 Å². The molecule has 18 heavy (non-hydrogen) atoms. The molecular weight excluding hydrogens is 222 g/mol. The van der Waals surface area contributed by atoms with Gasteiger partial charge in [0.2, 0.25) is 5.91 Å². The van der Waals surface area contributed by atoms with Crippen molar-refractivity contribution in [2.24, 2.45) is 0 Å². The molecule has 0 aromatic heterocycles. The summed E-state index contributed by atoms with van der Waals surface area (Å²) in [5.41, 5.74) is 0.876. The summed E-state index contributed by atoms with van der Waals surface area (Å²) >= 11 is 0. The molecule has 0 aliphatic carbocycles. The first-order valence-electron chi connectivity index (χ1n) is 6.79. The topological polar surface area (TPSA) is 29.1 Å². The molecule has 0 saturated heterocycles. The third-order valence-corrected chi connectivity index (χ3v) is 2.32. The van der Waals surface area contributed by atoms with E-state index in [1.165, 1.54) is 0 Å². The highest BCUT2D eigenvalue weighted by Gasteiger charge is 2.00. The van der Waals surface area contributed by atoms with Gasteiger partial charge in [-0.1, -0.05) is 44.2 Å². The first kappa shape index (κ1) is 16.4. The number of unbranched alkanes of at least 4 members (excludes halogenated alkanes) is 2. The molecule has 0 aliphatic heterocycles. The molecule has 1 aromatic rings. The number of allylic oxidation sites excluding steroid dienone is 2. The number of hydrogen-bond donors (Lipinski definition) is 1. The first-order chi connectivity index (χ1) is 8.83. The minimum Gasteiger partial charge on any atom is -0.326 e. The Kier molecular flexibility index (Phi) is 10.9. The SMILES string of the molecule is C/C=C/CCCCC(=O)Nc1ccccc1.CC. The second-order valence-corrected chi connectivity index (χ2v) is 3.73. The predicted molar refractivity (Wildman–Crippen MR) is 79.7 cm³/mol. The van der Waals surface area contributed by atoms with Crippen LogP contribution >= 0.6 is 0 Å². The van der Waals surface area contributed by atoms with Gasteiger partial charge in [-0.3, -0.25) is 4.79 Å². The van der Waals surface area contributed by atoms with Crippen LogP contribution in [0.2, 0.25) is 0 Å². The minimum atomic E-state index is 0.103. The van der Waals surface area contributed by atoms with Crippen LogP contribution < -0.4 is 5.32 Å². The van der Waals surface area contributed by atoms with Crippen molar-refractivity contribution >= 4 is 11.6 Å². The minimum absolute atomic E-state index is 0.103. The number of para-hydroxylation sites is 1. The summed E-state index contributed by atoms with van der Waals surface area (Å²) in [7, 11) is 0. The van der Waals surface area contributed by atoms with Crippen LogP contribution in [0.5, 0.6) is 0 Å². The van der Waals surface area contributed by atoms with Crippen molar-refractivity contribution in [2.75, 3.05) is 5.32 Å².